The number of aliphatic hydroxyl groups excluding tert-OH is 17. The summed E-state index contributed by atoms with van der Waals surface area (Å²) in [4.78, 5) is 25.6. The summed E-state index contributed by atoms with van der Waals surface area (Å²) in [5.41, 5.74) is 0. The first-order valence-electron chi connectivity index (χ1n) is 24.8. The number of aliphatic carboxylic acids is 1. The number of hydrogen-bond donors (Lipinski definition) is 19. The Kier molecular flexibility index (Phi) is 22.6. The summed E-state index contributed by atoms with van der Waals surface area (Å²) in [5, 5.41) is 196. The van der Waals surface area contributed by atoms with Crippen LogP contribution in [0.3, 0.4) is 0 Å². The van der Waals surface area contributed by atoms with E-state index in [0.29, 0.717) is 0 Å². The van der Waals surface area contributed by atoms with Crippen LogP contribution in [0.25, 0.3) is 0 Å². The summed E-state index contributed by atoms with van der Waals surface area (Å²) < 4.78 is 69.0. The molecule has 0 aromatic carbocycles. The molecule has 448 valence electrons. The van der Waals surface area contributed by atoms with Crippen LogP contribution in [-0.2, 0) is 66.4 Å². The van der Waals surface area contributed by atoms with Crippen molar-refractivity contribution in [3.63, 3.8) is 0 Å². The topological polar surface area (TPSA) is 521 Å². The molecule has 31 atom stereocenters. The summed E-state index contributed by atoms with van der Waals surface area (Å²) in [7, 11) is 1.16. The van der Waals surface area contributed by atoms with E-state index in [0.717, 1.165) is 14.0 Å². The van der Waals surface area contributed by atoms with Gasteiger partial charge in [0.2, 0.25) is 5.91 Å². The molecule has 0 aliphatic carbocycles. The van der Waals surface area contributed by atoms with E-state index in [9.17, 15) is 102 Å². The maximum absolute atomic E-state index is 12.9. The van der Waals surface area contributed by atoms with Crippen molar-refractivity contribution in [1.29, 1.82) is 0 Å². The van der Waals surface area contributed by atoms with E-state index < -0.39 is 247 Å². The number of hydrogen-bond acceptors (Lipinski definition) is 31. The molecule has 33 heteroatoms. The van der Waals surface area contributed by atoms with Gasteiger partial charge < -0.3 is 154 Å². The van der Waals surface area contributed by atoms with Crippen LogP contribution in [0.15, 0.2) is 0 Å². The van der Waals surface area contributed by atoms with E-state index >= 15 is 0 Å². The molecule has 6 fully saturated rings. The standard InChI is InChI=1S/C44H75NO32/c1-12-15(52)5-44(43(64)65,76-33(12)24(55)16(53)6-46)77-38-25(56)17(7-47)69-42(32(38)63)73-35-20(10-50)70-39(22(26(35)57)45-14(3)51)67-11-21-37(75-40-30(61)28(59)34(66-4)18(8-48)71-40)29(60)31(62)41(72-21)74-36-19(9-49)68-13(2)23(54)27(36)58/h12-13,15-42,46-50,52-63H,5-11H2,1-4H3,(H,45,51)(H,64,65)/t12-,13+,15-,16?,17?,18?,19?,20?,21?,22?,23?,24?,25+,26-,27-,28-,29-,30?,31?,32?,33?,34-,35-,36-,37+,38+,39-,40-,41+,42+,44+/m1/s1. The van der Waals surface area contributed by atoms with E-state index in [2.05, 4.69) is 5.32 Å². The van der Waals surface area contributed by atoms with Crippen molar-refractivity contribution >= 4 is 11.9 Å². The molecular formula is C44H75NO32. The van der Waals surface area contributed by atoms with Crippen LogP contribution in [0.1, 0.15) is 27.2 Å². The van der Waals surface area contributed by atoms with Crippen molar-refractivity contribution in [1.82, 2.24) is 5.32 Å². The molecule has 0 aromatic rings. The molecule has 0 spiro atoms. The van der Waals surface area contributed by atoms with Crippen LogP contribution < -0.4 is 5.32 Å². The summed E-state index contributed by atoms with van der Waals surface area (Å²) in [6, 6.07) is -1.76. The number of carboxylic acid groups (broad SMARTS) is 1. The van der Waals surface area contributed by atoms with Gasteiger partial charge in [-0.1, -0.05) is 6.92 Å². The van der Waals surface area contributed by atoms with Gasteiger partial charge in [-0.3, -0.25) is 4.79 Å². The number of methoxy groups -OCH3 is 1. The highest BCUT2D eigenvalue weighted by Gasteiger charge is 2.60. The van der Waals surface area contributed by atoms with Gasteiger partial charge in [0, 0.05) is 26.4 Å². The first-order chi connectivity index (χ1) is 36.3. The molecule has 6 heterocycles. The van der Waals surface area contributed by atoms with Gasteiger partial charge in [-0.25, -0.2) is 4.79 Å². The molecule has 33 nitrogen and oxygen atoms in total. The fourth-order valence-corrected chi connectivity index (χ4v) is 10.2. The highest BCUT2D eigenvalue weighted by atomic mass is 16.8. The normalized spacial score (nSPS) is 48.7. The number of carbonyl (C=O) groups excluding carboxylic acids is 1. The van der Waals surface area contributed by atoms with Gasteiger partial charge in [-0.2, -0.15) is 0 Å². The summed E-state index contributed by atoms with van der Waals surface area (Å²) >= 11 is 0. The molecule has 6 aliphatic rings. The lowest BCUT2D eigenvalue weighted by atomic mass is 9.84. The molecule has 19 N–H and O–H groups in total. The Balaban J connectivity index is 1.26. The van der Waals surface area contributed by atoms with Gasteiger partial charge in [0.25, 0.3) is 5.79 Å². The molecule has 6 aliphatic heterocycles. The molecule has 77 heavy (non-hydrogen) atoms. The second-order valence-electron chi connectivity index (χ2n) is 19.9. The van der Waals surface area contributed by atoms with Crippen LogP contribution in [0.2, 0.25) is 0 Å². The lowest BCUT2D eigenvalue weighted by Crippen LogP contribution is -2.69. The highest BCUT2D eigenvalue weighted by Crippen LogP contribution is 2.41. The van der Waals surface area contributed by atoms with Crippen molar-refractivity contribution in [3.8, 4) is 0 Å². The molecule has 13 unspecified atom stereocenters. The second kappa shape index (κ2) is 27.2. The first kappa shape index (κ1) is 64.0. The van der Waals surface area contributed by atoms with E-state index in [-0.39, 0.29) is 0 Å². The van der Waals surface area contributed by atoms with Gasteiger partial charge >= 0.3 is 5.97 Å². The third-order valence-electron chi connectivity index (χ3n) is 14.7. The van der Waals surface area contributed by atoms with Crippen molar-refractivity contribution in [2.75, 3.05) is 46.8 Å². The Morgan fingerprint density at radius 3 is 1.58 bits per heavy atom. The second-order valence-corrected chi connectivity index (χ2v) is 19.9. The van der Waals surface area contributed by atoms with Gasteiger partial charge in [0.05, 0.1) is 58.0 Å². The largest absolute Gasteiger partial charge is 0.477 e. The zero-order valence-corrected chi connectivity index (χ0v) is 42.0. The molecule has 0 bridgehead atoms. The van der Waals surface area contributed by atoms with Gasteiger partial charge in [-0.15, -0.1) is 0 Å². The van der Waals surface area contributed by atoms with Crippen LogP contribution >= 0.6 is 0 Å². The van der Waals surface area contributed by atoms with Gasteiger partial charge in [0.1, 0.15) is 134 Å². The minimum absolute atomic E-state index is 0.776. The third-order valence-corrected chi connectivity index (χ3v) is 14.7. The van der Waals surface area contributed by atoms with Crippen molar-refractivity contribution in [2.45, 2.75) is 211 Å². The van der Waals surface area contributed by atoms with E-state index in [1.165, 1.54) is 13.8 Å². The number of ether oxygens (including phenoxy) is 12. The number of rotatable bonds is 21. The molecule has 0 radical (unpaired) electrons. The number of aliphatic hydroxyl groups is 17. The molecule has 1 amide bonds. The van der Waals surface area contributed by atoms with Crippen LogP contribution in [0, 0.1) is 5.92 Å². The Bertz CT molecular complexity index is 1860. The summed E-state index contributed by atoms with van der Waals surface area (Å²) in [6.45, 7) is -1.88. The molecule has 6 rings (SSSR count). The van der Waals surface area contributed by atoms with Crippen LogP contribution in [0.4, 0.5) is 0 Å². The number of carboxylic acids is 1. The Morgan fingerprint density at radius 2 is 1.05 bits per heavy atom. The Morgan fingerprint density at radius 1 is 0.584 bits per heavy atom. The highest BCUT2D eigenvalue weighted by molar-refractivity contribution is 5.76. The summed E-state index contributed by atoms with van der Waals surface area (Å²) in [6.07, 6.45) is -51.9. The Hall–Kier alpha value is -2.22. The predicted molar refractivity (Wildman–Crippen MR) is 239 cm³/mol. The summed E-state index contributed by atoms with van der Waals surface area (Å²) in [5.74, 6) is -6.94. The van der Waals surface area contributed by atoms with Crippen molar-refractivity contribution in [3.05, 3.63) is 0 Å². The number of nitrogens with one attached hydrogen (secondary N) is 1. The molecular weight excluding hydrogens is 1050 g/mol. The van der Waals surface area contributed by atoms with Gasteiger partial charge in [0.15, 0.2) is 25.2 Å². The maximum atomic E-state index is 12.9. The van der Waals surface area contributed by atoms with Crippen molar-refractivity contribution in [2.24, 2.45) is 5.92 Å². The zero-order chi connectivity index (χ0) is 57.1. The van der Waals surface area contributed by atoms with E-state index in [1.54, 1.807) is 0 Å². The Labute approximate surface area is 438 Å². The quantitative estimate of drug-likeness (QED) is 0.0507. The zero-order valence-electron chi connectivity index (χ0n) is 42.0. The SMILES string of the molecule is CO[C@@H]1C(CO)O[C@H](O[C@H]2C(CO[C@@H]3OC(CO)[C@@H](O[C@@H]4OC(CO)[C@H](O)[C@H](O[C@]5(C(=O)O)C[C@@H](O)[C@@H](C)C(C(O)C(O)CO)O5)C4O)[C@H](O)C3NC(C)=O)O[C@@H](O[C@@H]3C(CO)O[C@@H](C)C(O)[C@H]3O)C(O)[C@H]2O)C(O)[C@H]1O. The first-order valence-corrected chi connectivity index (χ1v) is 24.8. The van der Waals surface area contributed by atoms with Crippen molar-refractivity contribution < 1.29 is 158 Å². The minimum Gasteiger partial charge on any atom is -0.477 e. The number of carbonyl (C=O) groups is 2. The average molecular weight is 1130 g/mol. The van der Waals surface area contributed by atoms with E-state index in [4.69, 9.17) is 56.8 Å². The fourth-order valence-electron chi connectivity index (χ4n) is 10.2. The number of amides is 1. The fraction of sp³-hybridized carbons (Fsp3) is 0.955. The lowest BCUT2D eigenvalue weighted by molar-refractivity contribution is -0.388. The molecule has 0 saturated carbocycles. The lowest BCUT2D eigenvalue weighted by Gasteiger charge is -2.50. The monoisotopic (exact) mass is 1130 g/mol. The van der Waals surface area contributed by atoms with Crippen LogP contribution in [0.5, 0.6) is 0 Å². The molecule has 0 aromatic heterocycles. The minimum atomic E-state index is -3.02. The molecule has 6 saturated heterocycles. The van der Waals surface area contributed by atoms with Gasteiger partial charge in [-0.05, 0) is 6.92 Å². The van der Waals surface area contributed by atoms with Crippen LogP contribution in [-0.4, -0.2) is 334 Å². The maximum Gasteiger partial charge on any atom is 0.364 e. The van der Waals surface area contributed by atoms with E-state index in [1.807, 2.05) is 0 Å². The predicted octanol–water partition coefficient (Wildman–Crippen LogP) is -11.8. The smallest absolute Gasteiger partial charge is 0.364 e. The average Bonchev–Trinajstić information content (AvgIpc) is 3.42. The third kappa shape index (κ3) is 13.5.